The number of aliphatic hydroxyl groups excluding tert-OH is 2. The number of rotatable bonds is 26. The lowest BCUT2D eigenvalue weighted by Crippen LogP contribution is -2.45. The van der Waals surface area contributed by atoms with E-state index in [1.165, 1.54) is 57.8 Å². The minimum atomic E-state index is -0.869. The molecule has 214 valence electrons. The molecular weight excluding hydrogens is 458 g/mol. The van der Waals surface area contributed by atoms with Crippen LogP contribution >= 0.6 is 0 Å². The predicted octanol–water partition coefficient (Wildman–Crippen LogP) is 8.50. The normalized spacial score (nSPS) is 13.9. The zero-order valence-electron chi connectivity index (χ0n) is 24.2. The number of carbonyl (C=O) groups excluding carboxylic acids is 1. The Hall–Kier alpha value is -1.65. The SMILES string of the molecule is CCC/C=C/CC/C=C/CC/C=C/C(O)C(CO)NC(=O)CCCCCCC/C=C\CCCCCCC. The third-order valence-corrected chi connectivity index (χ3v) is 6.49. The van der Waals surface area contributed by atoms with Crippen LogP contribution in [0.25, 0.3) is 0 Å². The smallest absolute Gasteiger partial charge is 0.220 e. The van der Waals surface area contributed by atoms with Gasteiger partial charge in [-0.2, -0.15) is 0 Å². The minimum Gasteiger partial charge on any atom is -0.394 e. The summed E-state index contributed by atoms with van der Waals surface area (Å²) in [6.07, 6.45) is 37.5. The molecule has 0 saturated heterocycles. The molecule has 2 atom stereocenters. The monoisotopic (exact) mass is 517 g/mol. The van der Waals surface area contributed by atoms with E-state index < -0.39 is 12.1 Å². The van der Waals surface area contributed by atoms with Crippen LogP contribution in [0.4, 0.5) is 0 Å². The number of amides is 1. The summed E-state index contributed by atoms with van der Waals surface area (Å²) < 4.78 is 0. The molecule has 0 aromatic heterocycles. The summed E-state index contributed by atoms with van der Waals surface area (Å²) in [4.78, 5) is 12.2. The van der Waals surface area contributed by atoms with Crippen LogP contribution in [0.15, 0.2) is 48.6 Å². The third-order valence-electron chi connectivity index (χ3n) is 6.49. The molecule has 0 spiro atoms. The summed E-state index contributed by atoms with van der Waals surface area (Å²) in [7, 11) is 0. The second-order valence-corrected chi connectivity index (χ2v) is 10.1. The zero-order valence-corrected chi connectivity index (χ0v) is 24.2. The standard InChI is InChI=1S/C33H59NO3/c1-3-5-7-9-11-13-15-16-17-19-21-23-25-27-29-33(37)34-31(30-35)32(36)28-26-24-22-20-18-14-12-10-8-6-4-2/h8,10,15-16,18,20,26,28,31-32,35-36H,3-7,9,11-14,17,19,21-25,27,29-30H2,1-2H3,(H,34,37)/b10-8+,16-15-,20-18+,28-26+. The average molecular weight is 518 g/mol. The van der Waals surface area contributed by atoms with Crippen molar-refractivity contribution in [3.8, 4) is 0 Å². The number of hydrogen-bond donors (Lipinski definition) is 3. The highest BCUT2D eigenvalue weighted by atomic mass is 16.3. The van der Waals surface area contributed by atoms with Crippen LogP contribution in [0, 0.1) is 0 Å². The van der Waals surface area contributed by atoms with Gasteiger partial charge in [-0.25, -0.2) is 0 Å². The maximum absolute atomic E-state index is 12.2. The van der Waals surface area contributed by atoms with Gasteiger partial charge in [0.05, 0.1) is 18.8 Å². The molecule has 0 fully saturated rings. The summed E-state index contributed by atoms with van der Waals surface area (Å²) in [5.74, 6) is -0.0933. The molecule has 4 heteroatoms. The maximum Gasteiger partial charge on any atom is 0.220 e. The second-order valence-electron chi connectivity index (χ2n) is 10.1. The van der Waals surface area contributed by atoms with E-state index in [9.17, 15) is 15.0 Å². The van der Waals surface area contributed by atoms with Crippen molar-refractivity contribution in [2.45, 2.75) is 148 Å². The van der Waals surface area contributed by atoms with Gasteiger partial charge in [0.2, 0.25) is 5.91 Å². The number of carbonyl (C=O) groups is 1. The topological polar surface area (TPSA) is 69.6 Å². The van der Waals surface area contributed by atoms with Gasteiger partial charge >= 0.3 is 0 Å². The lowest BCUT2D eigenvalue weighted by atomic mass is 10.1. The van der Waals surface area contributed by atoms with Gasteiger partial charge in [0.15, 0.2) is 0 Å². The molecule has 0 radical (unpaired) electrons. The molecule has 3 N–H and O–H groups in total. The van der Waals surface area contributed by atoms with Crippen LogP contribution < -0.4 is 5.32 Å². The molecule has 0 aliphatic heterocycles. The number of hydrogen-bond acceptors (Lipinski definition) is 3. The molecule has 2 unspecified atom stereocenters. The summed E-state index contributed by atoms with van der Waals surface area (Å²) in [5.41, 5.74) is 0. The van der Waals surface area contributed by atoms with Gasteiger partial charge in [-0.1, -0.05) is 114 Å². The van der Waals surface area contributed by atoms with Crippen molar-refractivity contribution < 1.29 is 15.0 Å². The molecule has 4 nitrogen and oxygen atoms in total. The fourth-order valence-corrected chi connectivity index (χ4v) is 4.09. The van der Waals surface area contributed by atoms with Gasteiger partial charge < -0.3 is 15.5 Å². The molecule has 0 aliphatic rings. The highest BCUT2D eigenvalue weighted by Gasteiger charge is 2.17. The van der Waals surface area contributed by atoms with Crippen molar-refractivity contribution in [3.05, 3.63) is 48.6 Å². The molecule has 0 saturated carbocycles. The number of nitrogens with one attached hydrogen (secondary N) is 1. The molecule has 37 heavy (non-hydrogen) atoms. The first-order chi connectivity index (χ1) is 18.2. The van der Waals surface area contributed by atoms with Crippen molar-refractivity contribution in [1.82, 2.24) is 5.32 Å². The van der Waals surface area contributed by atoms with E-state index in [2.05, 4.69) is 55.6 Å². The highest BCUT2D eigenvalue weighted by Crippen LogP contribution is 2.10. The van der Waals surface area contributed by atoms with E-state index >= 15 is 0 Å². The zero-order chi connectivity index (χ0) is 27.2. The predicted molar refractivity (Wildman–Crippen MR) is 161 cm³/mol. The Bertz CT molecular complexity index is 609. The second kappa shape index (κ2) is 28.9. The first-order valence-corrected chi connectivity index (χ1v) is 15.4. The number of aliphatic hydroxyl groups is 2. The number of allylic oxidation sites excluding steroid dienone is 7. The van der Waals surface area contributed by atoms with Crippen molar-refractivity contribution in [2.75, 3.05) is 6.61 Å². The van der Waals surface area contributed by atoms with Crippen LogP contribution in [0.2, 0.25) is 0 Å². The summed E-state index contributed by atoms with van der Waals surface area (Å²) >= 11 is 0. The lowest BCUT2D eigenvalue weighted by molar-refractivity contribution is -0.123. The molecule has 0 aliphatic carbocycles. The van der Waals surface area contributed by atoms with Gasteiger partial charge in [0.1, 0.15) is 0 Å². The van der Waals surface area contributed by atoms with Crippen molar-refractivity contribution >= 4 is 5.91 Å². The molecule has 0 bridgehead atoms. The van der Waals surface area contributed by atoms with Crippen LogP contribution in [-0.2, 0) is 4.79 Å². The van der Waals surface area contributed by atoms with E-state index in [1.807, 2.05) is 6.08 Å². The van der Waals surface area contributed by atoms with Gasteiger partial charge in [-0.15, -0.1) is 0 Å². The van der Waals surface area contributed by atoms with E-state index in [4.69, 9.17) is 0 Å². The van der Waals surface area contributed by atoms with Crippen LogP contribution in [-0.4, -0.2) is 34.9 Å². The van der Waals surface area contributed by atoms with Crippen LogP contribution in [0.3, 0.4) is 0 Å². The third kappa shape index (κ3) is 25.8. The number of unbranched alkanes of at least 4 members (excludes halogenated alkanes) is 13. The van der Waals surface area contributed by atoms with Gasteiger partial charge in [-0.3, -0.25) is 4.79 Å². The average Bonchev–Trinajstić information content (AvgIpc) is 2.90. The fourth-order valence-electron chi connectivity index (χ4n) is 4.09. The van der Waals surface area contributed by atoms with Crippen LogP contribution in [0.1, 0.15) is 136 Å². The van der Waals surface area contributed by atoms with E-state index in [0.717, 1.165) is 57.8 Å². The fraction of sp³-hybridized carbons (Fsp3) is 0.727. The first-order valence-electron chi connectivity index (χ1n) is 15.4. The quantitative estimate of drug-likeness (QED) is 0.0795. The van der Waals surface area contributed by atoms with Crippen molar-refractivity contribution in [1.29, 1.82) is 0 Å². The Labute approximate surface area is 229 Å². The largest absolute Gasteiger partial charge is 0.394 e. The van der Waals surface area contributed by atoms with E-state index in [1.54, 1.807) is 6.08 Å². The first kappa shape index (κ1) is 35.4. The Morgan fingerprint density at radius 1 is 0.622 bits per heavy atom. The maximum atomic E-state index is 12.2. The minimum absolute atomic E-state index is 0.0933. The summed E-state index contributed by atoms with van der Waals surface area (Å²) in [5, 5.41) is 22.7. The molecule has 0 aromatic carbocycles. The molecule has 0 rings (SSSR count). The van der Waals surface area contributed by atoms with Crippen molar-refractivity contribution in [3.63, 3.8) is 0 Å². The van der Waals surface area contributed by atoms with Gasteiger partial charge in [0, 0.05) is 6.42 Å². The Balaban J connectivity index is 3.77. The Kier molecular flexibility index (Phi) is 27.6. The van der Waals surface area contributed by atoms with Crippen molar-refractivity contribution in [2.24, 2.45) is 0 Å². The van der Waals surface area contributed by atoms with E-state index in [-0.39, 0.29) is 12.5 Å². The van der Waals surface area contributed by atoms with Crippen LogP contribution in [0.5, 0.6) is 0 Å². The lowest BCUT2D eigenvalue weighted by Gasteiger charge is -2.19. The summed E-state index contributed by atoms with van der Waals surface area (Å²) in [6.45, 7) is 4.17. The Morgan fingerprint density at radius 2 is 1.11 bits per heavy atom. The van der Waals surface area contributed by atoms with Gasteiger partial charge in [0.25, 0.3) is 0 Å². The Morgan fingerprint density at radius 3 is 1.68 bits per heavy atom. The van der Waals surface area contributed by atoms with Gasteiger partial charge in [-0.05, 0) is 64.2 Å². The molecular formula is C33H59NO3. The van der Waals surface area contributed by atoms with E-state index in [0.29, 0.717) is 6.42 Å². The molecule has 0 heterocycles. The summed E-state index contributed by atoms with van der Waals surface area (Å²) in [6, 6.07) is -0.646. The molecule has 0 aromatic rings. The molecule has 1 amide bonds. The highest BCUT2D eigenvalue weighted by molar-refractivity contribution is 5.76.